The third-order valence-electron chi connectivity index (χ3n) is 3.06. The highest BCUT2D eigenvalue weighted by atomic mass is 79.9. The van der Waals surface area contributed by atoms with Crippen LogP contribution in [0.25, 0.3) is 22.3 Å². The van der Waals surface area contributed by atoms with E-state index in [1.807, 2.05) is 38.1 Å². The fourth-order valence-electron chi connectivity index (χ4n) is 2.02. The minimum atomic E-state index is 0.426. The summed E-state index contributed by atoms with van der Waals surface area (Å²) >= 11 is 9.46. The smallest absolute Gasteiger partial charge is 0.161 e. The average molecular weight is 349 g/mol. The third-order valence-corrected chi connectivity index (χ3v) is 4.51. The molecule has 0 bridgehead atoms. The van der Waals surface area contributed by atoms with Crippen LogP contribution in [0.5, 0.6) is 0 Å². The van der Waals surface area contributed by atoms with Crippen LogP contribution in [0.1, 0.15) is 11.4 Å². The lowest BCUT2D eigenvalue weighted by Gasteiger charge is -2.06. The summed E-state index contributed by atoms with van der Waals surface area (Å²) < 4.78 is 0.737. The van der Waals surface area contributed by atoms with Crippen molar-refractivity contribution in [3.63, 3.8) is 0 Å². The lowest BCUT2D eigenvalue weighted by Crippen LogP contribution is -1.94. The van der Waals surface area contributed by atoms with E-state index in [0.717, 1.165) is 32.3 Å². The van der Waals surface area contributed by atoms with Gasteiger partial charge in [-0.3, -0.25) is 4.98 Å². The molecular formula is C15H11BrClN3. The molecule has 0 unspecified atom stereocenters. The molecule has 3 rings (SSSR count). The molecule has 3 aromatic rings. The molecule has 0 spiro atoms. The first-order valence-electron chi connectivity index (χ1n) is 6.12. The highest BCUT2D eigenvalue weighted by Crippen LogP contribution is 2.27. The first-order valence-corrected chi connectivity index (χ1v) is 7.29. The van der Waals surface area contributed by atoms with Crippen LogP contribution >= 0.6 is 27.5 Å². The van der Waals surface area contributed by atoms with E-state index in [1.165, 1.54) is 0 Å². The Bertz CT molecular complexity index is 794. The first-order chi connectivity index (χ1) is 9.54. The summed E-state index contributed by atoms with van der Waals surface area (Å²) in [4.78, 5) is 13.3. The van der Waals surface area contributed by atoms with Gasteiger partial charge in [0.2, 0.25) is 0 Å². The van der Waals surface area contributed by atoms with Gasteiger partial charge < -0.3 is 0 Å². The predicted molar refractivity (Wildman–Crippen MR) is 85.0 cm³/mol. The van der Waals surface area contributed by atoms with E-state index in [9.17, 15) is 0 Å². The van der Waals surface area contributed by atoms with E-state index in [-0.39, 0.29) is 0 Å². The maximum absolute atomic E-state index is 6.10. The van der Waals surface area contributed by atoms with E-state index in [4.69, 9.17) is 11.6 Å². The highest BCUT2D eigenvalue weighted by Gasteiger charge is 2.09. The van der Waals surface area contributed by atoms with E-state index in [1.54, 1.807) is 0 Å². The molecule has 0 radical (unpaired) electrons. The molecule has 0 aliphatic carbocycles. The van der Waals surface area contributed by atoms with Gasteiger partial charge in [0.25, 0.3) is 0 Å². The van der Waals surface area contributed by atoms with Crippen molar-refractivity contribution in [3.05, 3.63) is 51.3 Å². The number of fused-ring (bicyclic) bond motifs is 1. The van der Waals surface area contributed by atoms with Crippen molar-refractivity contribution in [3.8, 4) is 11.4 Å². The van der Waals surface area contributed by atoms with E-state index in [2.05, 4.69) is 36.9 Å². The Labute approximate surface area is 130 Å². The zero-order chi connectivity index (χ0) is 14.3. The van der Waals surface area contributed by atoms with Crippen LogP contribution in [0.3, 0.4) is 0 Å². The van der Waals surface area contributed by atoms with Gasteiger partial charge in [0.1, 0.15) is 5.15 Å². The van der Waals surface area contributed by atoms with Crippen LogP contribution in [0.15, 0.2) is 34.8 Å². The van der Waals surface area contributed by atoms with Crippen LogP contribution in [0.4, 0.5) is 0 Å². The Morgan fingerprint density at radius 1 is 1.00 bits per heavy atom. The topological polar surface area (TPSA) is 38.7 Å². The number of halogens is 2. The molecule has 0 fully saturated rings. The molecule has 0 saturated heterocycles. The van der Waals surface area contributed by atoms with Crippen molar-refractivity contribution in [2.24, 2.45) is 0 Å². The molecule has 0 amide bonds. The summed E-state index contributed by atoms with van der Waals surface area (Å²) in [6.07, 6.45) is 0. The predicted octanol–water partition coefficient (Wildman–Crippen LogP) is 4.72. The quantitative estimate of drug-likeness (QED) is 0.597. The van der Waals surface area contributed by atoms with E-state index in [0.29, 0.717) is 11.0 Å². The average Bonchev–Trinajstić information content (AvgIpc) is 2.43. The molecule has 5 heteroatoms. The number of nitrogens with zero attached hydrogens (tertiary/aromatic N) is 3. The van der Waals surface area contributed by atoms with Gasteiger partial charge in [-0.05, 0) is 54.0 Å². The second-order valence-electron chi connectivity index (χ2n) is 4.60. The lowest BCUT2D eigenvalue weighted by atomic mass is 10.1. The monoisotopic (exact) mass is 347 g/mol. The van der Waals surface area contributed by atoms with Crippen LogP contribution in [0.2, 0.25) is 5.15 Å². The maximum Gasteiger partial charge on any atom is 0.161 e. The van der Waals surface area contributed by atoms with Crippen LogP contribution < -0.4 is 0 Å². The molecule has 0 N–H and O–H groups in total. The second kappa shape index (κ2) is 5.11. The summed E-state index contributed by atoms with van der Waals surface area (Å²) in [5, 5.41) is 1.49. The molecule has 2 heterocycles. The molecule has 1 aromatic carbocycles. The number of hydrogen-bond acceptors (Lipinski definition) is 3. The Morgan fingerprint density at radius 2 is 1.80 bits per heavy atom. The largest absolute Gasteiger partial charge is 0.253 e. The number of aromatic nitrogens is 3. The van der Waals surface area contributed by atoms with Gasteiger partial charge >= 0.3 is 0 Å². The minimum absolute atomic E-state index is 0.426. The van der Waals surface area contributed by atoms with Gasteiger partial charge in [0.05, 0.1) is 15.7 Å². The van der Waals surface area contributed by atoms with Gasteiger partial charge in [0, 0.05) is 16.6 Å². The number of benzene rings is 1. The second-order valence-corrected chi connectivity index (χ2v) is 5.75. The summed E-state index contributed by atoms with van der Waals surface area (Å²) in [5.41, 5.74) is 3.72. The van der Waals surface area contributed by atoms with Crippen molar-refractivity contribution >= 4 is 38.4 Å². The van der Waals surface area contributed by atoms with Gasteiger partial charge in [-0.2, -0.15) is 0 Å². The van der Waals surface area contributed by atoms with Gasteiger partial charge in [0.15, 0.2) is 5.82 Å². The van der Waals surface area contributed by atoms with Gasteiger partial charge in [-0.1, -0.05) is 17.7 Å². The molecule has 20 heavy (non-hydrogen) atoms. The number of hydrogen-bond donors (Lipinski definition) is 0. The Balaban J connectivity index is 2.17. The van der Waals surface area contributed by atoms with Crippen molar-refractivity contribution in [1.29, 1.82) is 0 Å². The van der Waals surface area contributed by atoms with E-state index >= 15 is 0 Å². The maximum atomic E-state index is 6.10. The van der Waals surface area contributed by atoms with Crippen molar-refractivity contribution in [2.45, 2.75) is 13.8 Å². The molecule has 0 aliphatic rings. The SMILES string of the molecule is Cc1ccc2cc(-c3nc(C)c(Br)c(Cl)n3)ccc2n1. The summed E-state index contributed by atoms with van der Waals surface area (Å²) in [5.74, 6) is 0.623. The molecular weight excluding hydrogens is 338 g/mol. The van der Waals surface area contributed by atoms with Crippen LogP contribution in [0, 0.1) is 13.8 Å². The van der Waals surface area contributed by atoms with Crippen molar-refractivity contribution < 1.29 is 0 Å². The zero-order valence-corrected chi connectivity index (χ0v) is 13.3. The Morgan fingerprint density at radius 3 is 2.55 bits per heavy atom. The first kappa shape index (κ1) is 13.5. The van der Waals surface area contributed by atoms with Gasteiger partial charge in [-0.25, -0.2) is 9.97 Å². The summed E-state index contributed by atoms with van der Waals surface area (Å²) in [6, 6.07) is 10.0. The van der Waals surface area contributed by atoms with Crippen molar-refractivity contribution in [1.82, 2.24) is 15.0 Å². The molecule has 0 saturated carbocycles. The molecule has 0 aliphatic heterocycles. The number of pyridine rings is 1. The Kier molecular flexibility index (Phi) is 3.44. The zero-order valence-electron chi connectivity index (χ0n) is 11.0. The molecule has 2 aromatic heterocycles. The number of rotatable bonds is 1. The summed E-state index contributed by atoms with van der Waals surface area (Å²) in [7, 11) is 0. The minimum Gasteiger partial charge on any atom is -0.253 e. The summed E-state index contributed by atoms with van der Waals surface area (Å²) in [6.45, 7) is 3.88. The van der Waals surface area contributed by atoms with Crippen LogP contribution in [-0.4, -0.2) is 15.0 Å². The lowest BCUT2D eigenvalue weighted by molar-refractivity contribution is 1.09. The molecule has 0 atom stereocenters. The fourth-order valence-corrected chi connectivity index (χ4v) is 2.41. The van der Waals surface area contributed by atoms with Crippen molar-refractivity contribution in [2.75, 3.05) is 0 Å². The highest BCUT2D eigenvalue weighted by molar-refractivity contribution is 9.10. The fraction of sp³-hybridized carbons (Fsp3) is 0.133. The van der Waals surface area contributed by atoms with E-state index < -0.39 is 0 Å². The normalized spacial score (nSPS) is 11.0. The third kappa shape index (κ3) is 2.41. The Hall–Kier alpha value is -1.52. The molecule has 3 nitrogen and oxygen atoms in total. The standard InChI is InChI=1S/C15H11BrClN3/c1-8-3-4-10-7-11(5-6-12(10)18-8)15-19-9(2)13(16)14(17)20-15/h3-7H,1-2H3. The van der Waals surface area contributed by atoms with Gasteiger partial charge in [-0.15, -0.1) is 0 Å². The number of aryl methyl sites for hydroxylation is 2. The molecule has 100 valence electrons. The van der Waals surface area contributed by atoms with Crippen LogP contribution in [-0.2, 0) is 0 Å².